The lowest BCUT2D eigenvalue weighted by molar-refractivity contribution is 0.369. The molecule has 23 heavy (non-hydrogen) atoms. The van der Waals surface area contributed by atoms with Crippen molar-refractivity contribution in [2.45, 2.75) is 6.92 Å². The summed E-state index contributed by atoms with van der Waals surface area (Å²) in [4.78, 5) is 9.53. The molecule has 118 valence electrons. The second-order valence-corrected chi connectivity index (χ2v) is 5.88. The summed E-state index contributed by atoms with van der Waals surface area (Å²) in [5.41, 5.74) is 1.97. The van der Waals surface area contributed by atoms with Gasteiger partial charge in [0.1, 0.15) is 0 Å². The van der Waals surface area contributed by atoms with E-state index in [2.05, 4.69) is 9.98 Å². The number of aromatic hydroxyl groups is 3. The van der Waals surface area contributed by atoms with Crippen molar-refractivity contribution in [1.82, 2.24) is 9.55 Å². The van der Waals surface area contributed by atoms with Gasteiger partial charge in [-0.15, -0.1) is 11.3 Å². The van der Waals surface area contributed by atoms with Crippen LogP contribution in [0.1, 0.15) is 5.69 Å². The third-order valence-corrected chi connectivity index (χ3v) is 4.33. The van der Waals surface area contributed by atoms with E-state index in [0.717, 1.165) is 5.69 Å². The molecule has 0 spiro atoms. The lowest BCUT2D eigenvalue weighted by Crippen LogP contribution is -2.11. The van der Waals surface area contributed by atoms with E-state index in [1.807, 2.05) is 37.6 Å². The van der Waals surface area contributed by atoms with Gasteiger partial charge in [0.2, 0.25) is 5.75 Å². The zero-order valence-corrected chi connectivity index (χ0v) is 13.4. The van der Waals surface area contributed by atoms with Crippen molar-refractivity contribution >= 4 is 17.2 Å². The van der Waals surface area contributed by atoms with Crippen LogP contribution < -0.4 is 4.80 Å². The van der Waals surface area contributed by atoms with E-state index in [-0.39, 0.29) is 11.5 Å². The van der Waals surface area contributed by atoms with E-state index in [0.29, 0.717) is 21.9 Å². The first-order valence-corrected chi connectivity index (χ1v) is 7.72. The van der Waals surface area contributed by atoms with Crippen LogP contribution in [-0.2, 0) is 7.05 Å². The number of phenols is 3. The number of hydrogen-bond acceptors (Lipinski definition) is 6. The average Bonchev–Trinajstić information content (AvgIpc) is 2.86. The first kappa shape index (κ1) is 15.1. The van der Waals surface area contributed by atoms with Crippen molar-refractivity contribution in [1.29, 1.82) is 0 Å². The van der Waals surface area contributed by atoms with Crippen LogP contribution in [0.4, 0.5) is 5.82 Å². The molecule has 0 unspecified atom stereocenters. The number of phenolic OH excluding ortho intramolecular Hbond substituents is 3. The van der Waals surface area contributed by atoms with Crippen LogP contribution in [0, 0.1) is 6.92 Å². The minimum absolute atomic E-state index is 0.362. The van der Waals surface area contributed by atoms with Crippen LogP contribution in [0.15, 0.2) is 40.7 Å². The molecule has 0 aliphatic carbocycles. The monoisotopic (exact) mass is 329 g/mol. The molecule has 0 aliphatic heterocycles. The van der Waals surface area contributed by atoms with E-state index >= 15 is 0 Å². The maximum Gasteiger partial charge on any atom is 0.200 e. The third kappa shape index (κ3) is 2.78. The summed E-state index contributed by atoms with van der Waals surface area (Å²) in [5.74, 6) is -0.657. The standard InChI is InChI=1S/C16H15N3O3S/c1-9-4-3-5-13(17-9)18-16-19(2)11(8-23-16)10-6-7-12(20)15(22)14(10)21/h3-8,20-22H,1-2H3/b18-16-. The smallest absolute Gasteiger partial charge is 0.200 e. The van der Waals surface area contributed by atoms with Crippen LogP contribution >= 0.6 is 11.3 Å². The fraction of sp³-hybridized carbons (Fsp3) is 0.125. The molecule has 0 fully saturated rings. The van der Waals surface area contributed by atoms with E-state index in [9.17, 15) is 15.3 Å². The Morgan fingerprint density at radius 3 is 2.61 bits per heavy atom. The predicted octanol–water partition coefficient (Wildman–Crippen LogP) is 2.81. The second kappa shape index (κ2) is 5.77. The SMILES string of the molecule is Cc1cccc(/N=c2\scc(-c3ccc(O)c(O)c3O)n2C)n1. The van der Waals surface area contributed by atoms with Gasteiger partial charge in [0.25, 0.3) is 0 Å². The molecule has 0 saturated carbocycles. The maximum absolute atomic E-state index is 10.0. The van der Waals surface area contributed by atoms with Crippen molar-refractivity contribution in [3.8, 4) is 28.5 Å². The fourth-order valence-corrected chi connectivity index (χ4v) is 3.08. The van der Waals surface area contributed by atoms with Gasteiger partial charge in [0, 0.05) is 23.7 Å². The Hall–Kier alpha value is -2.80. The highest BCUT2D eigenvalue weighted by molar-refractivity contribution is 7.07. The fourth-order valence-electron chi connectivity index (χ4n) is 2.18. The molecule has 2 aromatic heterocycles. The molecule has 0 bridgehead atoms. The number of aromatic nitrogens is 2. The summed E-state index contributed by atoms with van der Waals surface area (Å²) in [6.45, 7) is 1.90. The van der Waals surface area contributed by atoms with Crippen LogP contribution in [-0.4, -0.2) is 24.9 Å². The predicted molar refractivity (Wildman–Crippen MR) is 87.9 cm³/mol. The molecule has 0 saturated heterocycles. The minimum Gasteiger partial charge on any atom is -0.504 e. The highest BCUT2D eigenvalue weighted by Gasteiger charge is 2.15. The molecule has 0 amide bonds. The van der Waals surface area contributed by atoms with Gasteiger partial charge in [-0.25, -0.2) is 9.98 Å². The van der Waals surface area contributed by atoms with Crippen molar-refractivity contribution in [3.05, 3.63) is 46.2 Å². The Morgan fingerprint density at radius 1 is 1.09 bits per heavy atom. The van der Waals surface area contributed by atoms with Crippen LogP contribution in [0.5, 0.6) is 17.2 Å². The van der Waals surface area contributed by atoms with Crippen LogP contribution in [0.2, 0.25) is 0 Å². The second-order valence-electron chi connectivity index (χ2n) is 5.04. The minimum atomic E-state index is -0.535. The lowest BCUT2D eigenvalue weighted by Gasteiger charge is -2.08. The average molecular weight is 329 g/mol. The highest BCUT2D eigenvalue weighted by Crippen LogP contribution is 2.41. The summed E-state index contributed by atoms with van der Waals surface area (Å²) in [7, 11) is 1.81. The van der Waals surface area contributed by atoms with Gasteiger partial charge in [-0.05, 0) is 31.2 Å². The topological polar surface area (TPSA) is 90.9 Å². The van der Waals surface area contributed by atoms with Crippen LogP contribution in [0.3, 0.4) is 0 Å². The van der Waals surface area contributed by atoms with E-state index in [1.165, 1.54) is 17.4 Å². The zero-order valence-electron chi connectivity index (χ0n) is 12.6. The van der Waals surface area contributed by atoms with Gasteiger partial charge < -0.3 is 19.9 Å². The van der Waals surface area contributed by atoms with Crippen LogP contribution in [0.25, 0.3) is 11.3 Å². The van der Waals surface area contributed by atoms with Crippen molar-refractivity contribution in [2.24, 2.45) is 12.0 Å². The van der Waals surface area contributed by atoms with Crippen molar-refractivity contribution in [2.75, 3.05) is 0 Å². The number of nitrogens with zero attached hydrogens (tertiary/aromatic N) is 3. The largest absolute Gasteiger partial charge is 0.504 e. The van der Waals surface area contributed by atoms with E-state index in [4.69, 9.17) is 0 Å². The molecule has 2 heterocycles. The molecular formula is C16H15N3O3S. The molecule has 1 aromatic carbocycles. The summed E-state index contributed by atoms with van der Waals surface area (Å²) >= 11 is 1.39. The Kier molecular flexibility index (Phi) is 3.79. The quantitative estimate of drug-likeness (QED) is 0.631. The number of hydrogen-bond donors (Lipinski definition) is 3. The van der Waals surface area contributed by atoms with Gasteiger partial charge in [-0.2, -0.15) is 0 Å². The normalized spacial score (nSPS) is 11.8. The molecule has 7 heteroatoms. The van der Waals surface area contributed by atoms with E-state index < -0.39 is 5.75 Å². The maximum atomic E-state index is 10.0. The lowest BCUT2D eigenvalue weighted by atomic mass is 10.1. The van der Waals surface area contributed by atoms with Crippen molar-refractivity contribution in [3.63, 3.8) is 0 Å². The Morgan fingerprint density at radius 2 is 1.87 bits per heavy atom. The van der Waals surface area contributed by atoms with Gasteiger partial charge in [-0.1, -0.05) is 6.07 Å². The summed E-state index contributed by atoms with van der Waals surface area (Å²) in [6.07, 6.45) is 0. The zero-order chi connectivity index (χ0) is 16.6. The number of benzene rings is 1. The van der Waals surface area contributed by atoms with E-state index in [1.54, 1.807) is 10.6 Å². The summed E-state index contributed by atoms with van der Waals surface area (Å²) < 4.78 is 1.79. The molecule has 3 rings (SSSR count). The molecule has 3 aromatic rings. The van der Waals surface area contributed by atoms with Gasteiger partial charge in [0.15, 0.2) is 22.1 Å². The molecular weight excluding hydrogens is 314 g/mol. The molecule has 0 radical (unpaired) electrons. The molecule has 0 aliphatic rings. The summed E-state index contributed by atoms with van der Waals surface area (Å²) in [5, 5.41) is 30.9. The summed E-state index contributed by atoms with van der Waals surface area (Å²) in [6, 6.07) is 8.48. The van der Waals surface area contributed by atoms with Gasteiger partial charge in [0.05, 0.1) is 5.69 Å². The molecule has 6 nitrogen and oxygen atoms in total. The Bertz CT molecular complexity index is 944. The first-order chi connectivity index (χ1) is 11.0. The molecule has 3 N–H and O–H groups in total. The first-order valence-electron chi connectivity index (χ1n) is 6.84. The van der Waals surface area contributed by atoms with Crippen molar-refractivity contribution < 1.29 is 15.3 Å². The van der Waals surface area contributed by atoms with Gasteiger partial charge >= 0.3 is 0 Å². The number of thiazole rings is 1. The number of pyridine rings is 1. The third-order valence-electron chi connectivity index (χ3n) is 3.41. The molecule has 0 atom stereocenters. The number of rotatable bonds is 2. The van der Waals surface area contributed by atoms with Gasteiger partial charge in [-0.3, -0.25) is 0 Å². The Labute approximate surface area is 136 Å². The highest BCUT2D eigenvalue weighted by atomic mass is 32.1. The number of aryl methyl sites for hydroxylation is 1. The Balaban J connectivity index is 2.12.